The van der Waals surface area contributed by atoms with E-state index in [2.05, 4.69) is 63.5 Å². The van der Waals surface area contributed by atoms with Crippen molar-refractivity contribution in [1.29, 1.82) is 0 Å². The third-order valence-corrected chi connectivity index (χ3v) is 6.83. The molecule has 4 heterocycles. The van der Waals surface area contributed by atoms with Gasteiger partial charge < -0.3 is 9.72 Å². The van der Waals surface area contributed by atoms with Gasteiger partial charge in [0.15, 0.2) is 0 Å². The van der Waals surface area contributed by atoms with Crippen LogP contribution in [0.2, 0.25) is 0 Å². The molecule has 0 saturated heterocycles. The predicted molar refractivity (Wildman–Crippen MR) is 138 cm³/mol. The molecule has 2 N–H and O–H groups in total. The van der Waals surface area contributed by atoms with Crippen LogP contribution in [0.4, 0.5) is 0 Å². The standard InChI is InChI=1S/C28H22N4OS/c1-18-10-11-28(34-18)22-8-5-9-24-23(22)13-26(30-24)27-14-25(31-32-27)20-12-21(16-29-15-20)33-17-19-6-3-2-4-7-19/h2-16,30H,17H2,1H3,(H,31,32). The summed E-state index contributed by atoms with van der Waals surface area (Å²) >= 11 is 1.81. The maximum absolute atomic E-state index is 5.94. The molecule has 0 fully saturated rings. The SMILES string of the molecule is Cc1ccc(-c2cccc3[nH]c(-c4cc(-c5cncc(OCc6ccccc6)c5)n[nH]4)cc23)s1. The van der Waals surface area contributed by atoms with Crippen LogP contribution in [0.5, 0.6) is 5.75 Å². The van der Waals surface area contributed by atoms with Gasteiger partial charge >= 0.3 is 0 Å². The first kappa shape index (κ1) is 20.4. The Morgan fingerprint density at radius 1 is 0.882 bits per heavy atom. The molecule has 0 atom stereocenters. The van der Waals surface area contributed by atoms with Gasteiger partial charge in [-0.3, -0.25) is 10.1 Å². The first-order valence-electron chi connectivity index (χ1n) is 11.1. The lowest BCUT2D eigenvalue weighted by atomic mass is 10.1. The van der Waals surface area contributed by atoms with Crippen molar-refractivity contribution < 1.29 is 4.74 Å². The van der Waals surface area contributed by atoms with E-state index >= 15 is 0 Å². The molecule has 6 heteroatoms. The van der Waals surface area contributed by atoms with Crippen LogP contribution < -0.4 is 4.74 Å². The fourth-order valence-corrected chi connectivity index (χ4v) is 4.99. The van der Waals surface area contributed by atoms with Gasteiger partial charge in [0, 0.05) is 38.0 Å². The Labute approximate surface area is 201 Å². The Kier molecular flexibility index (Phi) is 5.20. The van der Waals surface area contributed by atoms with E-state index in [0.717, 1.165) is 33.7 Å². The number of ether oxygens (including phenoxy) is 1. The highest BCUT2D eigenvalue weighted by Crippen LogP contribution is 2.36. The molecule has 0 amide bonds. The van der Waals surface area contributed by atoms with E-state index in [9.17, 15) is 0 Å². The van der Waals surface area contributed by atoms with Crippen molar-refractivity contribution in [3.8, 4) is 38.8 Å². The van der Waals surface area contributed by atoms with E-state index in [4.69, 9.17) is 4.74 Å². The number of fused-ring (bicyclic) bond motifs is 1. The average molecular weight is 463 g/mol. The largest absolute Gasteiger partial charge is 0.487 e. The molecule has 0 saturated carbocycles. The van der Waals surface area contributed by atoms with Gasteiger partial charge in [-0.2, -0.15) is 5.10 Å². The Hall–Kier alpha value is -4.16. The van der Waals surface area contributed by atoms with Crippen LogP contribution >= 0.6 is 11.3 Å². The monoisotopic (exact) mass is 462 g/mol. The number of aromatic amines is 2. The van der Waals surface area contributed by atoms with Crippen molar-refractivity contribution in [2.45, 2.75) is 13.5 Å². The highest BCUT2D eigenvalue weighted by Gasteiger charge is 2.13. The first-order valence-corrected chi connectivity index (χ1v) is 11.9. The lowest BCUT2D eigenvalue weighted by molar-refractivity contribution is 0.305. The van der Waals surface area contributed by atoms with Crippen LogP contribution in [0.25, 0.3) is 44.0 Å². The fraction of sp³-hybridized carbons (Fsp3) is 0.0714. The Morgan fingerprint density at radius 2 is 1.79 bits per heavy atom. The summed E-state index contributed by atoms with van der Waals surface area (Å²) in [5, 5.41) is 8.92. The third-order valence-electron chi connectivity index (χ3n) is 5.80. The number of H-pyrrole nitrogens is 2. The highest BCUT2D eigenvalue weighted by atomic mass is 32.1. The smallest absolute Gasteiger partial charge is 0.138 e. The molecule has 0 aliphatic carbocycles. The number of nitrogens with one attached hydrogen (secondary N) is 2. The Bertz CT molecular complexity index is 1580. The summed E-state index contributed by atoms with van der Waals surface area (Å²) in [5.41, 5.74) is 7.11. The van der Waals surface area contributed by atoms with E-state index in [1.54, 1.807) is 12.4 Å². The molecular weight excluding hydrogens is 440 g/mol. The zero-order valence-corrected chi connectivity index (χ0v) is 19.4. The van der Waals surface area contributed by atoms with Crippen LogP contribution in [0.3, 0.4) is 0 Å². The van der Waals surface area contributed by atoms with Gasteiger partial charge in [-0.05, 0) is 48.9 Å². The van der Waals surface area contributed by atoms with E-state index in [0.29, 0.717) is 12.4 Å². The summed E-state index contributed by atoms with van der Waals surface area (Å²) in [5.74, 6) is 0.715. The number of aryl methyl sites for hydroxylation is 1. The van der Waals surface area contributed by atoms with Crippen LogP contribution in [-0.4, -0.2) is 20.2 Å². The molecule has 4 aromatic heterocycles. The highest BCUT2D eigenvalue weighted by molar-refractivity contribution is 7.15. The number of rotatable bonds is 6. The van der Waals surface area contributed by atoms with Crippen LogP contribution in [0.15, 0.2) is 91.3 Å². The van der Waals surface area contributed by atoms with E-state index in [1.165, 1.54) is 20.7 Å². The molecule has 0 aliphatic heterocycles. The molecule has 0 bridgehead atoms. The quantitative estimate of drug-likeness (QED) is 0.274. The zero-order valence-electron chi connectivity index (χ0n) is 18.6. The maximum Gasteiger partial charge on any atom is 0.138 e. The van der Waals surface area contributed by atoms with Gasteiger partial charge in [0.2, 0.25) is 0 Å². The van der Waals surface area contributed by atoms with Gasteiger partial charge in [0.05, 0.1) is 23.3 Å². The lowest BCUT2D eigenvalue weighted by Crippen LogP contribution is -1.95. The second-order valence-corrected chi connectivity index (χ2v) is 9.50. The number of thiophene rings is 1. The molecular formula is C28H22N4OS. The fourth-order valence-electron chi connectivity index (χ4n) is 4.08. The van der Waals surface area contributed by atoms with Crippen molar-refractivity contribution in [1.82, 2.24) is 20.2 Å². The number of pyridine rings is 1. The average Bonchev–Trinajstić information content (AvgIpc) is 3.62. The first-order chi connectivity index (χ1) is 16.7. The number of hydrogen-bond donors (Lipinski definition) is 2. The number of benzene rings is 2. The summed E-state index contributed by atoms with van der Waals surface area (Å²) < 4.78 is 5.94. The van der Waals surface area contributed by atoms with Crippen molar-refractivity contribution in [2.75, 3.05) is 0 Å². The third kappa shape index (κ3) is 4.00. The molecule has 0 spiro atoms. The molecule has 0 unspecified atom stereocenters. The van der Waals surface area contributed by atoms with E-state index < -0.39 is 0 Å². The van der Waals surface area contributed by atoms with Gasteiger partial charge in [-0.1, -0.05) is 42.5 Å². The van der Waals surface area contributed by atoms with Gasteiger partial charge in [0.1, 0.15) is 12.4 Å². The minimum atomic E-state index is 0.499. The number of aromatic nitrogens is 4. The van der Waals surface area contributed by atoms with Crippen LogP contribution in [0.1, 0.15) is 10.4 Å². The summed E-state index contributed by atoms with van der Waals surface area (Å²) in [6.45, 7) is 2.64. The maximum atomic E-state index is 5.94. The Morgan fingerprint density at radius 3 is 2.65 bits per heavy atom. The van der Waals surface area contributed by atoms with Gasteiger partial charge in [-0.15, -0.1) is 11.3 Å². The second kappa shape index (κ2) is 8.65. The van der Waals surface area contributed by atoms with E-state index in [1.807, 2.05) is 53.8 Å². The molecule has 0 radical (unpaired) electrons. The molecule has 6 aromatic rings. The Balaban J connectivity index is 1.27. The summed E-state index contributed by atoms with van der Waals surface area (Å²) in [6.07, 6.45) is 3.53. The van der Waals surface area contributed by atoms with Crippen molar-refractivity contribution in [3.63, 3.8) is 0 Å². The second-order valence-electron chi connectivity index (χ2n) is 8.21. The van der Waals surface area contributed by atoms with Crippen molar-refractivity contribution >= 4 is 22.2 Å². The molecule has 5 nitrogen and oxygen atoms in total. The zero-order chi connectivity index (χ0) is 22.9. The molecule has 2 aromatic carbocycles. The normalized spacial score (nSPS) is 11.2. The van der Waals surface area contributed by atoms with Crippen molar-refractivity contribution in [2.24, 2.45) is 0 Å². The van der Waals surface area contributed by atoms with E-state index in [-0.39, 0.29) is 0 Å². The minimum Gasteiger partial charge on any atom is -0.487 e. The molecule has 0 aliphatic rings. The van der Waals surface area contributed by atoms with Gasteiger partial charge in [0.25, 0.3) is 0 Å². The number of hydrogen-bond acceptors (Lipinski definition) is 4. The predicted octanol–water partition coefficient (Wildman–Crippen LogP) is 7.24. The van der Waals surface area contributed by atoms with Gasteiger partial charge in [-0.25, -0.2) is 0 Å². The summed E-state index contributed by atoms with van der Waals surface area (Å²) in [4.78, 5) is 10.5. The van der Waals surface area contributed by atoms with Crippen molar-refractivity contribution in [3.05, 3.63) is 102 Å². The van der Waals surface area contributed by atoms with Crippen LogP contribution in [-0.2, 0) is 6.61 Å². The topological polar surface area (TPSA) is 66.6 Å². The molecule has 6 rings (SSSR count). The minimum absolute atomic E-state index is 0.499. The summed E-state index contributed by atoms with van der Waals surface area (Å²) in [6, 6.07) is 27.0. The number of nitrogens with zero attached hydrogens (tertiary/aromatic N) is 2. The summed E-state index contributed by atoms with van der Waals surface area (Å²) in [7, 11) is 0. The molecule has 34 heavy (non-hydrogen) atoms. The van der Waals surface area contributed by atoms with Crippen LogP contribution in [0, 0.1) is 6.92 Å². The molecule has 166 valence electrons. The lowest BCUT2D eigenvalue weighted by Gasteiger charge is -2.06.